The summed E-state index contributed by atoms with van der Waals surface area (Å²) in [5, 5.41) is 0. The first-order chi connectivity index (χ1) is 16.2. The molecule has 1 aliphatic rings. The van der Waals surface area contributed by atoms with Gasteiger partial charge in [0.15, 0.2) is 23.3 Å². The maximum atomic E-state index is 14.4. The second-order valence-corrected chi connectivity index (χ2v) is 7.72. The van der Waals surface area contributed by atoms with Crippen molar-refractivity contribution in [1.82, 2.24) is 9.80 Å². The molecule has 0 spiro atoms. The fourth-order valence-electron chi connectivity index (χ4n) is 3.36. The van der Waals surface area contributed by atoms with Crippen molar-refractivity contribution in [2.24, 2.45) is 0 Å². The van der Waals surface area contributed by atoms with Crippen LogP contribution in [0.15, 0.2) is 36.4 Å². The highest BCUT2D eigenvalue weighted by Crippen LogP contribution is 2.35. The number of amides is 4. The second kappa shape index (κ2) is 9.62. The van der Waals surface area contributed by atoms with Gasteiger partial charge in [-0.25, -0.2) is 39.9 Å². The Kier molecular flexibility index (Phi) is 7.18. The lowest BCUT2D eigenvalue weighted by molar-refractivity contribution is -0.143. The smallest absolute Gasteiger partial charge is 0.274 e. The average Bonchev–Trinajstić information content (AvgIpc) is 2.76. The number of carbonyl (C=O) groups is 3. The molecule has 0 radical (unpaired) electrons. The molecule has 0 aromatic heterocycles. The van der Waals surface area contributed by atoms with Crippen molar-refractivity contribution in [3.8, 4) is 0 Å². The average molecular weight is 508 g/mol. The normalized spacial score (nSPS) is 15.3. The largest absolute Gasteiger partial charge is 0.333 e. The fraction of sp³-hybridized carbons (Fsp3) is 0.318. The van der Waals surface area contributed by atoms with Crippen LogP contribution in [-0.4, -0.2) is 40.7 Å². The minimum absolute atomic E-state index is 0.255. The van der Waals surface area contributed by atoms with Crippen LogP contribution in [0.3, 0.4) is 0 Å². The first kappa shape index (κ1) is 26.1. The number of urea groups is 1. The van der Waals surface area contributed by atoms with Crippen LogP contribution in [0.25, 0.3) is 0 Å². The van der Waals surface area contributed by atoms with Gasteiger partial charge in [-0.15, -0.1) is 0 Å². The number of alkyl halides is 4. The molecule has 0 bridgehead atoms. The minimum Gasteiger partial charge on any atom is -0.274 e. The van der Waals surface area contributed by atoms with Gasteiger partial charge in [0.2, 0.25) is 11.8 Å². The summed E-state index contributed by atoms with van der Waals surface area (Å²) in [5.74, 6) is -15.7. The van der Waals surface area contributed by atoms with Gasteiger partial charge in [0.1, 0.15) is 6.42 Å². The molecule has 0 saturated carbocycles. The molecule has 4 amide bonds. The first-order valence-corrected chi connectivity index (χ1v) is 10.0. The summed E-state index contributed by atoms with van der Waals surface area (Å²) in [7, 11) is 0. The molecule has 0 aliphatic carbocycles. The summed E-state index contributed by atoms with van der Waals surface area (Å²) < 4.78 is 110. The standard InChI is InChI=1S/C22H16F8N2O3/c23-14-3-1-12(9-16(14)25)21(27,28)5-7-31-18(33)11-19(34)32(20(31)35)8-6-22(29,30)13-2-4-15(24)17(26)10-13/h1-4,9-10H,5-8,11H2. The van der Waals surface area contributed by atoms with E-state index in [0.717, 1.165) is 0 Å². The van der Waals surface area contributed by atoms with Gasteiger partial charge in [-0.3, -0.25) is 19.4 Å². The van der Waals surface area contributed by atoms with Crippen molar-refractivity contribution in [3.63, 3.8) is 0 Å². The number of rotatable bonds is 8. The predicted octanol–water partition coefficient (Wildman–Crippen LogP) is 5.09. The zero-order chi connectivity index (χ0) is 26.1. The van der Waals surface area contributed by atoms with Crippen LogP contribution in [0, 0.1) is 23.3 Å². The molecule has 0 unspecified atom stereocenters. The Balaban J connectivity index is 1.70. The van der Waals surface area contributed by atoms with Crippen LogP contribution in [0.4, 0.5) is 39.9 Å². The van der Waals surface area contributed by atoms with Gasteiger partial charge < -0.3 is 0 Å². The van der Waals surface area contributed by atoms with E-state index in [0.29, 0.717) is 24.3 Å². The van der Waals surface area contributed by atoms with Crippen molar-refractivity contribution in [2.75, 3.05) is 13.1 Å². The molecule has 35 heavy (non-hydrogen) atoms. The van der Waals surface area contributed by atoms with Crippen molar-refractivity contribution >= 4 is 17.8 Å². The molecule has 5 nitrogen and oxygen atoms in total. The number of barbiturate groups is 1. The van der Waals surface area contributed by atoms with E-state index < -0.39 is 96.4 Å². The number of hydrogen-bond acceptors (Lipinski definition) is 3. The maximum absolute atomic E-state index is 14.4. The Bertz CT molecular complexity index is 1080. The molecule has 1 saturated heterocycles. The summed E-state index contributed by atoms with van der Waals surface area (Å²) >= 11 is 0. The zero-order valence-corrected chi connectivity index (χ0v) is 17.6. The third-order valence-electron chi connectivity index (χ3n) is 5.35. The summed E-state index contributed by atoms with van der Waals surface area (Å²) in [6.07, 6.45) is -3.40. The van der Waals surface area contributed by atoms with Gasteiger partial charge in [-0.2, -0.15) is 0 Å². The molecule has 2 aromatic rings. The molecule has 13 heteroatoms. The number of halogens is 8. The summed E-state index contributed by atoms with van der Waals surface area (Å²) in [6.45, 7) is -1.90. The Labute approximate surface area is 192 Å². The van der Waals surface area contributed by atoms with Gasteiger partial charge in [-0.05, 0) is 36.4 Å². The highest BCUT2D eigenvalue weighted by atomic mass is 19.3. The maximum Gasteiger partial charge on any atom is 0.333 e. The lowest BCUT2D eigenvalue weighted by Crippen LogP contribution is -2.56. The quantitative estimate of drug-likeness (QED) is 0.369. The van der Waals surface area contributed by atoms with Crippen molar-refractivity contribution < 1.29 is 49.5 Å². The van der Waals surface area contributed by atoms with E-state index in [2.05, 4.69) is 0 Å². The van der Waals surface area contributed by atoms with Crippen LogP contribution in [0.2, 0.25) is 0 Å². The van der Waals surface area contributed by atoms with Gasteiger partial charge in [0.25, 0.3) is 11.8 Å². The summed E-state index contributed by atoms with van der Waals surface area (Å²) in [4.78, 5) is 37.3. The van der Waals surface area contributed by atoms with Crippen LogP contribution >= 0.6 is 0 Å². The van der Waals surface area contributed by atoms with E-state index in [4.69, 9.17) is 0 Å². The minimum atomic E-state index is -3.80. The van der Waals surface area contributed by atoms with Crippen LogP contribution < -0.4 is 0 Å². The Morgan fingerprint density at radius 3 is 1.34 bits per heavy atom. The molecule has 2 aromatic carbocycles. The highest BCUT2D eigenvalue weighted by Gasteiger charge is 2.42. The number of imide groups is 2. The summed E-state index contributed by atoms with van der Waals surface area (Å²) in [6, 6.07) is 1.28. The van der Waals surface area contributed by atoms with Crippen LogP contribution in [0.1, 0.15) is 30.4 Å². The van der Waals surface area contributed by atoms with Crippen molar-refractivity contribution in [3.05, 3.63) is 70.8 Å². The monoisotopic (exact) mass is 508 g/mol. The molecule has 1 heterocycles. The third kappa shape index (κ3) is 5.60. The van der Waals surface area contributed by atoms with Gasteiger partial charge in [0, 0.05) is 37.1 Å². The zero-order valence-electron chi connectivity index (χ0n) is 17.6. The number of hydrogen-bond donors (Lipinski definition) is 0. The lowest BCUT2D eigenvalue weighted by atomic mass is 10.0. The Morgan fingerprint density at radius 2 is 1.00 bits per heavy atom. The SMILES string of the molecule is O=C1CC(=O)N(CCC(F)(F)c2ccc(F)c(F)c2)C(=O)N1CCC(F)(F)c1ccc(F)c(F)c1. The van der Waals surface area contributed by atoms with E-state index in [1.165, 1.54) is 0 Å². The molecule has 0 N–H and O–H groups in total. The summed E-state index contributed by atoms with van der Waals surface area (Å²) in [5.41, 5.74) is -1.85. The lowest BCUT2D eigenvalue weighted by Gasteiger charge is -2.34. The third-order valence-corrected chi connectivity index (χ3v) is 5.35. The van der Waals surface area contributed by atoms with Gasteiger partial charge in [0.05, 0.1) is 0 Å². The van der Waals surface area contributed by atoms with Crippen molar-refractivity contribution in [1.29, 1.82) is 0 Å². The Hall–Kier alpha value is -3.51. The second-order valence-electron chi connectivity index (χ2n) is 7.72. The van der Waals surface area contributed by atoms with Crippen LogP contribution in [-0.2, 0) is 21.4 Å². The highest BCUT2D eigenvalue weighted by molar-refractivity contribution is 6.14. The molecule has 188 valence electrons. The Morgan fingerprint density at radius 1 is 0.629 bits per heavy atom. The number of carbonyl (C=O) groups excluding carboxylic acids is 3. The van der Waals surface area contributed by atoms with Crippen LogP contribution in [0.5, 0.6) is 0 Å². The topological polar surface area (TPSA) is 57.7 Å². The van der Waals surface area contributed by atoms with E-state index in [1.807, 2.05) is 0 Å². The predicted molar refractivity (Wildman–Crippen MR) is 103 cm³/mol. The molecule has 3 rings (SSSR count). The molecular formula is C22H16F8N2O3. The number of benzene rings is 2. The van der Waals surface area contributed by atoms with Gasteiger partial charge >= 0.3 is 6.03 Å². The van der Waals surface area contributed by atoms with E-state index in [1.54, 1.807) is 0 Å². The van der Waals surface area contributed by atoms with Gasteiger partial charge in [-0.1, -0.05) is 0 Å². The van der Waals surface area contributed by atoms with E-state index in [9.17, 15) is 49.5 Å². The van der Waals surface area contributed by atoms with Crippen molar-refractivity contribution in [2.45, 2.75) is 31.1 Å². The van der Waals surface area contributed by atoms with E-state index in [-0.39, 0.29) is 21.9 Å². The first-order valence-electron chi connectivity index (χ1n) is 10.0. The fourth-order valence-corrected chi connectivity index (χ4v) is 3.36. The number of nitrogens with zero attached hydrogens (tertiary/aromatic N) is 2. The molecule has 0 atom stereocenters. The van der Waals surface area contributed by atoms with E-state index >= 15 is 0 Å². The molecular weight excluding hydrogens is 492 g/mol. The molecule has 1 fully saturated rings. The molecule has 1 aliphatic heterocycles.